The number of carbonyl (C=O) groups is 1. The van der Waals surface area contributed by atoms with Crippen molar-refractivity contribution < 1.29 is 14.3 Å². The van der Waals surface area contributed by atoms with Crippen molar-refractivity contribution in [1.29, 1.82) is 0 Å². The normalized spacial score (nSPS) is 14.6. The number of anilines is 1. The van der Waals surface area contributed by atoms with E-state index in [0.29, 0.717) is 35.4 Å². The molecule has 1 N–H and O–H groups in total. The fraction of sp³-hybridized carbons (Fsp3) is 0.545. The summed E-state index contributed by atoms with van der Waals surface area (Å²) >= 11 is 1.47. The van der Waals surface area contributed by atoms with Gasteiger partial charge >= 0.3 is 0 Å². The lowest BCUT2D eigenvalue weighted by Gasteiger charge is -2.25. The van der Waals surface area contributed by atoms with Gasteiger partial charge in [-0.15, -0.1) is 11.3 Å². The Morgan fingerprint density at radius 3 is 2.55 bits per heavy atom. The van der Waals surface area contributed by atoms with E-state index in [0.717, 1.165) is 38.2 Å². The minimum absolute atomic E-state index is 0.188. The molecule has 1 aromatic heterocycles. The maximum atomic E-state index is 12.7. The van der Waals surface area contributed by atoms with Gasteiger partial charge in [0.2, 0.25) is 0 Å². The average molecular weight is 418 g/mol. The molecular weight excluding hydrogens is 386 g/mol. The highest BCUT2D eigenvalue weighted by Crippen LogP contribution is 2.29. The van der Waals surface area contributed by atoms with Crippen molar-refractivity contribution in [1.82, 2.24) is 9.88 Å². The minimum atomic E-state index is -0.188. The van der Waals surface area contributed by atoms with Gasteiger partial charge in [-0.2, -0.15) is 0 Å². The topological polar surface area (TPSA) is 63.7 Å². The van der Waals surface area contributed by atoms with Crippen molar-refractivity contribution in [2.75, 3.05) is 31.6 Å². The number of thiazole rings is 1. The first-order valence-corrected chi connectivity index (χ1v) is 11.4. The molecule has 0 aliphatic carbocycles. The molecule has 0 bridgehead atoms. The van der Waals surface area contributed by atoms with Gasteiger partial charge in [0.1, 0.15) is 0 Å². The van der Waals surface area contributed by atoms with Crippen LogP contribution in [0.4, 0.5) is 5.13 Å². The Morgan fingerprint density at radius 2 is 1.83 bits per heavy atom. The molecule has 0 radical (unpaired) electrons. The van der Waals surface area contributed by atoms with Crippen LogP contribution >= 0.6 is 11.3 Å². The molecule has 2 heterocycles. The van der Waals surface area contributed by atoms with Crippen LogP contribution in [0.5, 0.6) is 11.5 Å². The van der Waals surface area contributed by atoms with Crippen molar-refractivity contribution in [2.24, 2.45) is 0 Å². The van der Waals surface area contributed by atoms with Crippen LogP contribution in [0.1, 0.15) is 62.0 Å². The van der Waals surface area contributed by atoms with E-state index in [-0.39, 0.29) is 5.91 Å². The molecule has 0 spiro atoms. The number of nitrogens with zero attached hydrogens (tertiary/aromatic N) is 2. The zero-order chi connectivity index (χ0) is 20.5. The second-order valence-corrected chi connectivity index (χ2v) is 8.15. The third-order valence-corrected chi connectivity index (χ3v) is 5.54. The number of hydrogen-bond donors (Lipinski definition) is 1. The second kappa shape index (κ2) is 11.2. The van der Waals surface area contributed by atoms with Gasteiger partial charge in [0.15, 0.2) is 16.6 Å². The molecule has 6 nitrogen and oxygen atoms in total. The van der Waals surface area contributed by atoms with Gasteiger partial charge in [-0.3, -0.25) is 15.0 Å². The third-order valence-electron chi connectivity index (χ3n) is 4.74. The van der Waals surface area contributed by atoms with Crippen molar-refractivity contribution >= 4 is 22.4 Å². The van der Waals surface area contributed by atoms with Crippen LogP contribution in [-0.4, -0.2) is 42.1 Å². The molecule has 1 aliphatic rings. The van der Waals surface area contributed by atoms with Crippen molar-refractivity contribution in [3.63, 3.8) is 0 Å². The minimum Gasteiger partial charge on any atom is -0.490 e. The Morgan fingerprint density at radius 1 is 1.10 bits per heavy atom. The van der Waals surface area contributed by atoms with Gasteiger partial charge in [-0.25, -0.2) is 4.98 Å². The summed E-state index contributed by atoms with van der Waals surface area (Å²) in [7, 11) is 0. The van der Waals surface area contributed by atoms with Crippen LogP contribution < -0.4 is 14.8 Å². The molecule has 29 heavy (non-hydrogen) atoms. The maximum absolute atomic E-state index is 12.7. The predicted molar refractivity (Wildman–Crippen MR) is 117 cm³/mol. The van der Waals surface area contributed by atoms with E-state index in [1.54, 1.807) is 18.2 Å². The van der Waals surface area contributed by atoms with Gasteiger partial charge in [0, 0.05) is 17.5 Å². The number of ether oxygens (including phenoxy) is 2. The molecule has 0 atom stereocenters. The summed E-state index contributed by atoms with van der Waals surface area (Å²) in [5.74, 6) is 1.10. The lowest BCUT2D eigenvalue weighted by atomic mass is 10.1. The largest absolute Gasteiger partial charge is 0.490 e. The highest BCUT2D eigenvalue weighted by atomic mass is 32.1. The number of aromatic nitrogens is 1. The number of hydrogen-bond acceptors (Lipinski definition) is 6. The summed E-state index contributed by atoms with van der Waals surface area (Å²) in [5, 5.41) is 5.57. The molecular formula is C22H31N3O3S. The second-order valence-electron chi connectivity index (χ2n) is 7.29. The third kappa shape index (κ3) is 6.44. The summed E-state index contributed by atoms with van der Waals surface area (Å²) in [4.78, 5) is 19.7. The molecule has 1 fully saturated rings. The fourth-order valence-electron chi connectivity index (χ4n) is 3.26. The molecule has 0 unspecified atom stereocenters. The lowest BCUT2D eigenvalue weighted by Crippen LogP contribution is -2.29. The first-order valence-electron chi connectivity index (χ1n) is 10.6. The monoisotopic (exact) mass is 417 g/mol. The smallest absolute Gasteiger partial charge is 0.257 e. The van der Waals surface area contributed by atoms with Crippen LogP contribution in [-0.2, 0) is 6.54 Å². The number of nitrogens with one attached hydrogen (secondary N) is 1. The number of piperidine rings is 1. The number of benzene rings is 1. The fourth-order valence-corrected chi connectivity index (χ4v) is 3.95. The van der Waals surface area contributed by atoms with E-state index in [9.17, 15) is 4.79 Å². The van der Waals surface area contributed by atoms with Crippen molar-refractivity contribution in [3.8, 4) is 11.5 Å². The van der Waals surface area contributed by atoms with Gasteiger partial charge < -0.3 is 9.47 Å². The maximum Gasteiger partial charge on any atom is 0.257 e. The number of amides is 1. The summed E-state index contributed by atoms with van der Waals surface area (Å²) in [5.41, 5.74) is 1.55. The van der Waals surface area contributed by atoms with Crippen LogP contribution in [0.25, 0.3) is 0 Å². The Labute approximate surface area is 177 Å². The summed E-state index contributed by atoms with van der Waals surface area (Å²) in [6.45, 7) is 8.42. The van der Waals surface area contributed by atoms with Gasteiger partial charge in [0.05, 0.1) is 18.9 Å². The van der Waals surface area contributed by atoms with E-state index in [4.69, 9.17) is 9.47 Å². The summed E-state index contributed by atoms with van der Waals surface area (Å²) in [6.07, 6.45) is 5.64. The molecule has 1 aromatic carbocycles. The Bertz CT molecular complexity index is 787. The molecule has 1 amide bonds. The van der Waals surface area contributed by atoms with Crippen molar-refractivity contribution in [2.45, 2.75) is 52.5 Å². The van der Waals surface area contributed by atoms with Crippen LogP contribution in [0, 0.1) is 0 Å². The highest BCUT2D eigenvalue weighted by Gasteiger charge is 2.15. The SMILES string of the molecule is CCCOc1ccc(C(=O)Nc2nc(CN3CCCCC3)cs2)cc1OCCC. The molecule has 0 saturated carbocycles. The molecule has 1 aliphatic heterocycles. The molecule has 1 saturated heterocycles. The molecule has 3 rings (SSSR count). The average Bonchev–Trinajstić information content (AvgIpc) is 3.18. The van der Waals surface area contributed by atoms with E-state index in [2.05, 4.69) is 22.1 Å². The Hall–Kier alpha value is -2.12. The first-order chi connectivity index (χ1) is 14.2. The number of carbonyl (C=O) groups excluding carboxylic acids is 1. The van der Waals surface area contributed by atoms with Gasteiger partial charge in [-0.05, 0) is 57.0 Å². The molecule has 2 aromatic rings. The van der Waals surface area contributed by atoms with Gasteiger partial charge in [0.25, 0.3) is 5.91 Å². The summed E-state index contributed by atoms with van der Waals surface area (Å²) in [6, 6.07) is 5.32. The van der Waals surface area contributed by atoms with Crippen LogP contribution in [0.2, 0.25) is 0 Å². The van der Waals surface area contributed by atoms with E-state index < -0.39 is 0 Å². The highest BCUT2D eigenvalue weighted by molar-refractivity contribution is 7.13. The zero-order valence-corrected chi connectivity index (χ0v) is 18.2. The van der Waals surface area contributed by atoms with E-state index in [1.807, 2.05) is 12.3 Å². The lowest BCUT2D eigenvalue weighted by molar-refractivity contribution is 0.102. The Kier molecular flexibility index (Phi) is 8.31. The molecule has 7 heteroatoms. The van der Waals surface area contributed by atoms with E-state index in [1.165, 1.54) is 30.6 Å². The number of likely N-dealkylation sites (tertiary alicyclic amines) is 1. The van der Waals surface area contributed by atoms with Crippen LogP contribution in [0.15, 0.2) is 23.6 Å². The van der Waals surface area contributed by atoms with Gasteiger partial charge in [-0.1, -0.05) is 20.3 Å². The van der Waals surface area contributed by atoms with E-state index >= 15 is 0 Å². The van der Waals surface area contributed by atoms with Crippen molar-refractivity contribution in [3.05, 3.63) is 34.8 Å². The molecule has 158 valence electrons. The number of rotatable bonds is 10. The quantitative estimate of drug-likeness (QED) is 0.592. The predicted octanol–water partition coefficient (Wildman–Crippen LogP) is 4.96. The van der Waals surface area contributed by atoms with Crippen LogP contribution in [0.3, 0.4) is 0 Å². The standard InChI is InChI=1S/C22H31N3O3S/c1-3-12-27-19-9-8-17(14-20(19)28-13-4-2)21(26)24-22-23-18(16-29-22)15-25-10-6-5-7-11-25/h8-9,14,16H,3-7,10-13,15H2,1-2H3,(H,23,24,26). The Balaban J connectivity index is 1.63. The summed E-state index contributed by atoms with van der Waals surface area (Å²) < 4.78 is 11.5. The first kappa shape index (κ1) is 21.6. The zero-order valence-electron chi connectivity index (χ0n) is 17.4.